The van der Waals surface area contributed by atoms with Crippen LogP contribution in [0.5, 0.6) is 0 Å². The molecule has 0 aliphatic carbocycles. The summed E-state index contributed by atoms with van der Waals surface area (Å²) < 4.78 is 0. The first-order chi connectivity index (χ1) is 9.97. The molecular weight excluding hydrogens is 266 g/mol. The molecule has 1 amide bonds. The lowest BCUT2D eigenvalue weighted by Gasteiger charge is -2.37. The molecule has 0 bridgehead atoms. The van der Waals surface area contributed by atoms with Crippen LogP contribution in [0.3, 0.4) is 0 Å². The van der Waals surface area contributed by atoms with Crippen LogP contribution in [0.2, 0.25) is 0 Å². The molecule has 0 saturated heterocycles. The molecule has 1 N–H and O–H groups in total. The number of nitrogens with zero attached hydrogens (tertiary/aromatic N) is 1. The summed E-state index contributed by atoms with van der Waals surface area (Å²) in [5, 5.41) is 9.59. The van der Waals surface area contributed by atoms with E-state index in [4.69, 9.17) is 0 Å². The number of aliphatic carboxylic acids is 1. The normalized spacial score (nSPS) is 20.5. The molecule has 3 unspecified atom stereocenters. The van der Waals surface area contributed by atoms with E-state index in [1.165, 1.54) is 0 Å². The third kappa shape index (κ3) is 2.94. The Morgan fingerprint density at radius 3 is 2.62 bits per heavy atom. The number of hydrogen-bond donors (Lipinski definition) is 1. The number of amides is 1. The van der Waals surface area contributed by atoms with E-state index in [0.29, 0.717) is 6.54 Å². The molecule has 114 valence electrons. The summed E-state index contributed by atoms with van der Waals surface area (Å²) in [5.74, 6) is -0.899. The fourth-order valence-electron chi connectivity index (χ4n) is 2.93. The van der Waals surface area contributed by atoms with Crippen molar-refractivity contribution in [2.75, 3.05) is 6.54 Å². The summed E-state index contributed by atoms with van der Waals surface area (Å²) in [7, 11) is 0. The Labute approximate surface area is 125 Å². The highest BCUT2D eigenvalue weighted by atomic mass is 16.4. The average molecular weight is 289 g/mol. The van der Waals surface area contributed by atoms with Gasteiger partial charge >= 0.3 is 5.97 Å². The predicted octanol–water partition coefficient (Wildman–Crippen LogP) is 2.88. The van der Waals surface area contributed by atoms with E-state index < -0.39 is 12.0 Å². The Morgan fingerprint density at radius 2 is 2.00 bits per heavy atom. The maximum Gasteiger partial charge on any atom is 0.331 e. The SMILES string of the molecule is CCC(C)C(C)C(=O)N1CCc2ccccc2C1C(=O)O. The fourth-order valence-corrected chi connectivity index (χ4v) is 2.93. The number of carbonyl (C=O) groups excluding carboxylic acids is 1. The van der Waals surface area contributed by atoms with Crippen molar-refractivity contribution in [1.29, 1.82) is 0 Å². The van der Waals surface area contributed by atoms with Crippen LogP contribution in [0.15, 0.2) is 24.3 Å². The van der Waals surface area contributed by atoms with E-state index in [-0.39, 0.29) is 17.7 Å². The van der Waals surface area contributed by atoms with Crippen LogP contribution in [0.4, 0.5) is 0 Å². The molecule has 1 aromatic rings. The summed E-state index contributed by atoms with van der Waals surface area (Å²) in [6.45, 7) is 6.47. The fraction of sp³-hybridized carbons (Fsp3) is 0.529. The minimum atomic E-state index is -0.952. The van der Waals surface area contributed by atoms with Crippen molar-refractivity contribution in [3.05, 3.63) is 35.4 Å². The maximum atomic E-state index is 12.7. The zero-order valence-electron chi connectivity index (χ0n) is 12.9. The highest BCUT2D eigenvalue weighted by Gasteiger charge is 2.37. The zero-order chi connectivity index (χ0) is 15.6. The lowest BCUT2D eigenvalue weighted by atomic mass is 9.88. The molecule has 1 aliphatic heterocycles. The summed E-state index contributed by atoms with van der Waals surface area (Å²) in [4.78, 5) is 25.9. The molecule has 0 saturated carbocycles. The van der Waals surface area contributed by atoms with Crippen LogP contribution in [-0.4, -0.2) is 28.4 Å². The number of hydrogen-bond acceptors (Lipinski definition) is 2. The minimum absolute atomic E-state index is 0.0498. The number of fused-ring (bicyclic) bond motifs is 1. The monoisotopic (exact) mass is 289 g/mol. The molecule has 0 radical (unpaired) electrons. The van der Waals surface area contributed by atoms with Gasteiger partial charge in [0.15, 0.2) is 6.04 Å². The molecule has 3 atom stereocenters. The third-order valence-electron chi connectivity index (χ3n) is 4.69. The van der Waals surface area contributed by atoms with Crippen molar-refractivity contribution in [2.24, 2.45) is 11.8 Å². The highest BCUT2D eigenvalue weighted by molar-refractivity contribution is 5.86. The van der Waals surface area contributed by atoms with Gasteiger partial charge in [-0.2, -0.15) is 0 Å². The Bertz CT molecular complexity index is 541. The lowest BCUT2D eigenvalue weighted by molar-refractivity contribution is -0.153. The van der Waals surface area contributed by atoms with E-state index in [2.05, 4.69) is 6.92 Å². The van der Waals surface area contributed by atoms with Crippen molar-refractivity contribution < 1.29 is 14.7 Å². The Kier molecular flexibility index (Phi) is 4.66. The third-order valence-corrected chi connectivity index (χ3v) is 4.69. The van der Waals surface area contributed by atoms with Crippen molar-refractivity contribution in [2.45, 2.75) is 39.7 Å². The van der Waals surface area contributed by atoms with Gasteiger partial charge in [-0.1, -0.05) is 51.5 Å². The van der Waals surface area contributed by atoms with Crippen LogP contribution < -0.4 is 0 Å². The largest absolute Gasteiger partial charge is 0.479 e. The molecule has 0 fully saturated rings. The van der Waals surface area contributed by atoms with E-state index in [9.17, 15) is 14.7 Å². The van der Waals surface area contributed by atoms with E-state index in [1.54, 1.807) is 4.90 Å². The van der Waals surface area contributed by atoms with Crippen molar-refractivity contribution in [3.8, 4) is 0 Å². The molecule has 0 spiro atoms. The molecular formula is C17H23NO3. The van der Waals surface area contributed by atoms with Crippen molar-refractivity contribution >= 4 is 11.9 Å². The van der Waals surface area contributed by atoms with Gasteiger partial charge in [-0.3, -0.25) is 4.79 Å². The first kappa shape index (κ1) is 15.5. The Hall–Kier alpha value is -1.84. The first-order valence-electron chi connectivity index (χ1n) is 7.58. The van der Waals surface area contributed by atoms with Crippen LogP contribution in [0.1, 0.15) is 44.4 Å². The molecule has 4 nitrogen and oxygen atoms in total. The van der Waals surface area contributed by atoms with Gasteiger partial charge in [-0.05, 0) is 23.5 Å². The molecule has 21 heavy (non-hydrogen) atoms. The number of carboxylic acid groups (broad SMARTS) is 1. The zero-order valence-corrected chi connectivity index (χ0v) is 12.9. The van der Waals surface area contributed by atoms with Gasteiger partial charge in [-0.25, -0.2) is 4.79 Å². The van der Waals surface area contributed by atoms with Gasteiger partial charge in [0.25, 0.3) is 0 Å². The first-order valence-corrected chi connectivity index (χ1v) is 7.58. The van der Waals surface area contributed by atoms with Gasteiger partial charge in [0.2, 0.25) is 5.91 Å². The number of benzene rings is 1. The van der Waals surface area contributed by atoms with E-state index in [1.807, 2.05) is 38.1 Å². The number of carbonyl (C=O) groups is 2. The van der Waals surface area contributed by atoms with Crippen LogP contribution in [-0.2, 0) is 16.0 Å². The van der Waals surface area contributed by atoms with Gasteiger partial charge in [-0.15, -0.1) is 0 Å². The Morgan fingerprint density at radius 1 is 1.33 bits per heavy atom. The second kappa shape index (κ2) is 6.29. The lowest BCUT2D eigenvalue weighted by Crippen LogP contribution is -2.46. The Balaban J connectivity index is 2.33. The summed E-state index contributed by atoms with van der Waals surface area (Å²) in [6.07, 6.45) is 1.63. The van der Waals surface area contributed by atoms with Gasteiger partial charge in [0.1, 0.15) is 0 Å². The standard InChI is InChI=1S/C17H23NO3/c1-4-11(2)12(3)16(19)18-10-9-13-7-5-6-8-14(13)15(18)17(20)21/h5-8,11-12,15H,4,9-10H2,1-3H3,(H,20,21). The topological polar surface area (TPSA) is 57.6 Å². The molecule has 4 heteroatoms. The van der Waals surface area contributed by atoms with E-state index >= 15 is 0 Å². The average Bonchev–Trinajstić information content (AvgIpc) is 2.51. The molecule has 1 aliphatic rings. The molecule has 1 heterocycles. The minimum Gasteiger partial charge on any atom is -0.479 e. The summed E-state index contributed by atoms with van der Waals surface area (Å²) in [6, 6.07) is 6.67. The predicted molar refractivity (Wildman–Crippen MR) is 80.9 cm³/mol. The van der Waals surface area contributed by atoms with Crippen molar-refractivity contribution in [1.82, 2.24) is 4.90 Å². The van der Waals surface area contributed by atoms with Crippen LogP contribution >= 0.6 is 0 Å². The van der Waals surface area contributed by atoms with Crippen LogP contribution in [0, 0.1) is 11.8 Å². The smallest absolute Gasteiger partial charge is 0.331 e. The quantitative estimate of drug-likeness (QED) is 0.927. The molecule has 0 aromatic heterocycles. The number of rotatable bonds is 4. The van der Waals surface area contributed by atoms with Gasteiger partial charge < -0.3 is 10.0 Å². The van der Waals surface area contributed by atoms with Crippen LogP contribution in [0.25, 0.3) is 0 Å². The highest BCUT2D eigenvalue weighted by Crippen LogP contribution is 2.32. The van der Waals surface area contributed by atoms with Gasteiger partial charge in [0.05, 0.1) is 0 Å². The van der Waals surface area contributed by atoms with E-state index in [0.717, 1.165) is 24.0 Å². The summed E-state index contributed by atoms with van der Waals surface area (Å²) in [5.41, 5.74) is 1.78. The summed E-state index contributed by atoms with van der Waals surface area (Å²) >= 11 is 0. The van der Waals surface area contributed by atoms with Crippen molar-refractivity contribution in [3.63, 3.8) is 0 Å². The second-order valence-corrected chi connectivity index (χ2v) is 5.90. The van der Waals surface area contributed by atoms with Gasteiger partial charge in [0, 0.05) is 12.5 Å². The second-order valence-electron chi connectivity index (χ2n) is 5.90. The molecule has 1 aromatic carbocycles. The molecule has 2 rings (SSSR count). The maximum absolute atomic E-state index is 12.7. The number of carboxylic acids is 1.